The van der Waals surface area contributed by atoms with Crippen LogP contribution >= 0.6 is 11.3 Å². The van der Waals surface area contributed by atoms with Gasteiger partial charge >= 0.3 is 0 Å². The molecule has 0 saturated carbocycles. The number of anilines is 2. The molecule has 3 N–H and O–H groups in total. The summed E-state index contributed by atoms with van der Waals surface area (Å²) in [6.45, 7) is 1.44. The number of nitrogens with one attached hydrogen (secondary N) is 3. The standard InChI is InChI=1S/C19H21N7O2S/c1-28-15(13-6-3-2-4-7-13)16(27)22-17-25-26-18(29-17)23-19(9-11-20-12-19)14-8-5-10-21-24-14/h2-8,10,15,20H,9,11-12H2,1H3,(H,23,26)(H,22,25,27)/t15-,19?/m0/s1/i1D3. The molecule has 1 aliphatic heterocycles. The van der Waals surface area contributed by atoms with Crippen molar-refractivity contribution in [1.29, 1.82) is 0 Å². The molecule has 1 aliphatic rings. The first-order chi connectivity index (χ1) is 15.3. The molecular formula is C19H21N7O2S. The maximum absolute atomic E-state index is 12.8. The second kappa shape index (κ2) is 8.60. The normalized spacial score (nSPS) is 21.6. The summed E-state index contributed by atoms with van der Waals surface area (Å²) < 4.78 is 27.2. The van der Waals surface area contributed by atoms with Crippen LogP contribution in [-0.2, 0) is 15.1 Å². The quantitative estimate of drug-likeness (QED) is 0.538. The number of benzene rings is 1. The third-order valence-electron chi connectivity index (χ3n) is 4.68. The van der Waals surface area contributed by atoms with Gasteiger partial charge in [-0.2, -0.15) is 10.2 Å². The third kappa shape index (κ3) is 4.24. The van der Waals surface area contributed by atoms with Crippen LogP contribution in [0.15, 0.2) is 48.7 Å². The van der Waals surface area contributed by atoms with E-state index in [4.69, 9.17) is 8.85 Å². The van der Waals surface area contributed by atoms with Crippen LogP contribution in [-0.4, -0.2) is 46.4 Å². The lowest BCUT2D eigenvalue weighted by Crippen LogP contribution is -2.38. The van der Waals surface area contributed by atoms with E-state index < -0.39 is 24.6 Å². The van der Waals surface area contributed by atoms with Gasteiger partial charge < -0.3 is 15.4 Å². The number of amides is 1. The van der Waals surface area contributed by atoms with Gasteiger partial charge in [0.15, 0.2) is 6.10 Å². The van der Waals surface area contributed by atoms with Gasteiger partial charge in [0.2, 0.25) is 10.3 Å². The molecule has 10 heteroatoms. The molecule has 3 heterocycles. The minimum atomic E-state index is -2.75. The Labute approximate surface area is 176 Å². The molecule has 150 valence electrons. The fraction of sp³-hybridized carbons (Fsp3) is 0.316. The molecule has 0 radical (unpaired) electrons. The summed E-state index contributed by atoms with van der Waals surface area (Å²) in [6.07, 6.45) is 1.06. The van der Waals surface area contributed by atoms with E-state index in [-0.39, 0.29) is 5.13 Å². The predicted molar refractivity (Wildman–Crippen MR) is 110 cm³/mol. The molecule has 1 fully saturated rings. The molecule has 1 amide bonds. The highest BCUT2D eigenvalue weighted by Crippen LogP contribution is 2.33. The Bertz CT molecular complexity index is 1040. The van der Waals surface area contributed by atoms with Crippen molar-refractivity contribution < 1.29 is 13.6 Å². The summed E-state index contributed by atoms with van der Waals surface area (Å²) in [5, 5.41) is 26.3. The van der Waals surface area contributed by atoms with Gasteiger partial charge in [0, 0.05) is 19.8 Å². The number of rotatable bonds is 7. The van der Waals surface area contributed by atoms with E-state index in [0.717, 1.165) is 30.0 Å². The number of hydrogen-bond donors (Lipinski definition) is 3. The van der Waals surface area contributed by atoms with Crippen LogP contribution in [0.5, 0.6) is 0 Å². The van der Waals surface area contributed by atoms with Crippen molar-refractivity contribution in [1.82, 2.24) is 25.7 Å². The zero-order valence-electron chi connectivity index (χ0n) is 18.3. The molecule has 1 aromatic carbocycles. The van der Waals surface area contributed by atoms with Crippen molar-refractivity contribution in [3.05, 3.63) is 59.9 Å². The number of methoxy groups -OCH3 is 1. The molecule has 1 unspecified atom stereocenters. The number of aromatic nitrogens is 4. The summed E-state index contributed by atoms with van der Waals surface area (Å²) >= 11 is 1.13. The lowest BCUT2D eigenvalue weighted by Gasteiger charge is -2.27. The zero-order valence-corrected chi connectivity index (χ0v) is 16.1. The SMILES string of the molecule is [2H]C([2H])([2H])O[C@H](C(=O)Nc1nnc(NC2(c3cccnn3)CCNC2)s1)c1ccccc1. The Kier molecular flexibility index (Phi) is 4.72. The Morgan fingerprint density at radius 2 is 2.10 bits per heavy atom. The molecule has 2 atom stereocenters. The van der Waals surface area contributed by atoms with Crippen LogP contribution in [0.3, 0.4) is 0 Å². The number of hydrogen-bond acceptors (Lipinski definition) is 9. The van der Waals surface area contributed by atoms with Gasteiger partial charge in [0.25, 0.3) is 5.91 Å². The molecule has 29 heavy (non-hydrogen) atoms. The van der Waals surface area contributed by atoms with Crippen molar-refractivity contribution in [2.75, 3.05) is 30.8 Å². The number of nitrogens with zero attached hydrogens (tertiary/aromatic N) is 4. The Morgan fingerprint density at radius 3 is 2.83 bits per heavy atom. The Hall–Kier alpha value is -2.95. The minimum absolute atomic E-state index is 0.216. The summed E-state index contributed by atoms with van der Waals surface area (Å²) in [6, 6.07) is 12.1. The average molecular weight is 415 g/mol. The molecule has 9 nitrogen and oxygen atoms in total. The van der Waals surface area contributed by atoms with E-state index in [1.807, 2.05) is 12.1 Å². The van der Waals surface area contributed by atoms with Crippen molar-refractivity contribution in [2.24, 2.45) is 0 Å². The lowest BCUT2D eigenvalue weighted by atomic mass is 9.94. The first-order valence-corrected chi connectivity index (χ1v) is 9.81. The second-order valence-corrected chi connectivity index (χ2v) is 7.53. The van der Waals surface area contributed by atoms with Crippen molar-refractivity contribution in [3.8, 4) is 0 Å². The van der Waals surface area contributed by atoms with E-state index in [1.54, 1.807) is 36.5 Å². The van der Waals surface area contributed by atoms with Crippen molar-refractivity contribution in [2.45, 2.75) is 18.1 Å². The Morgan fingerprint density at radius 1 is 1.24 bits per heavy atom. The number of ether oxygens (including phenoxy) is 1. The van der Waals surface area contributed by atoms with Crippen LogP contribution in [0.2, 0.25) is 0 Å². The van der Waals surface area contributed by atoms with Crippen LogP contribution in [0.25, 0.3) is 0 Å². The predicted octanol–water partition coefficient (Wildman–Crippen LogP) is 1.95. The van der Waals surface area contributed by atoms with E-state index in [0.29, 0.717) is 17.2 Å². The molecule has 4 rings (SSSR count). The molecule has 1 saturated heterocycles. The maximum Gasteiger partial charge on any atom is 0.259 e. The molecule has 0 aliphatic carbocycles. The summed E-state index contributed by atoms with van der Waals surface area (Å²) in [5.74, 6) is -0.652. The van der Waals surface area contributed by atoms with Gasteiger partial charge in [-0.1, -0.05) is 41.7 Å². The van der Waals surface area contributed by atoms with E-state index in [9.17, 15) is 4.79 Å². The van der Waals surface area contributed by atoms with Crippen molar-refractivity contribution in [3.63, 3.8) is 0 Å². The smallest absolute Gasteiger partial charge is 0.259 e. The highest BCUT2D eigenvalue weighted by molar-refractivity contribution is 7.19. The van der Waals surface area contributed by atoms with Gasteiger partial charge in [-0.15, -0.1) is 10.2 Å². The monoisotopic (exact) mass is 414 g/mol. The minimum Gasteiger partial charge on any atom is -0.367 e. The molecule has 0 bridgehead atoms. The summed E-state index contributed by atoms with van der Waals surface area (Å²) in [5.41, 5.74) is 0.704. The van der Waals surface area contributed by atoms with E-state index in [2.05, 4.69) is 36.3 Å². The Balaban J connectivity index is 1.50. The first-order valence-electron chi connectivity index (χ1n) is 10.5. The zero-order chi connectivity index (χ0) is 22.6. The average Bonchev–Trinajstić information content (AvgIpc) is 3.43. The van der Waals surface area contributed by atoms with Crippen LogP contribution < -0.4 is 16.0 Å². The topological polar surface area (TPSA) is 114 Å². The van der Waals surface area contributed by atoms with Crippen LogP contribution in [0.4, 0.5) is 10.3 Å². The molecular weight excluding hydrogens is 390 g/mol. The van der Waals surface area contributed by atoms with Gasteiger partial charge in [-0.05, 0) is 30.7 Å². The van der Waals surface area contributed by atoms with E-state index >= 15 is 0 Å². The first kappa shape index (κ1) is 15.9. The van der Waals surface area contributed by atoms with Crippen molar-refractivity contribution >= 4 is 27.5 Å². The van der Waals surface area contributed by atoms with Gasteiger partial charge in [0.1, 0.15) is 0 Å². The van der Waals surface area contributed by atoms with Crippen LogP contribution in [0.1, 0.15) is 27.9 Å². The number of carbonyl (C=O) groups excluding carboxylic acids is 1. The van der Waals surface area contributed by atoms with Gasteiger partial charge in [0.05, 0.1) is 15.3 Å². The van der Waals surface area contributed by atoms with Crippen LogP contribution in [0, 0.1) is 0 Å². The third-order valence-corrected chi connectivity index (χ3v) is 5.43. The van der Waals surface area contributed by atoms with Gasteiger partial charge in [-0.3, -0.25) is 10.1 Å². The maximum atomic E-state index is 12.8. The highest BCUT2D eigenvalue weighted by atomic mass is 32.1. The fourth-order valence-corrected chi connectivity index (χ4v) is 3.98. The highest BCUT2D eigenvalue weighted by Gasteiger charge is 2.38. The molecule has 0 spiro atoms. The summed E-state index contributed by atoms with van der Waals surface area (Å²) in [7, 11) is -2.75. The number of carbonyl (C=O) groups is 1. The van der Waals surface area contributed by atoms with E-state index in [1.165, 1.54) is 0 Å². The fourth-order valence-electron chi connectivity index (χ4n) is 3.24. The van der Waals surface area contributed by atoms with Gasteiger partial charge in [-0.25, -0.2) is 0 Å². The second-order valence-electron chi connectivity index (χ2n) is 6.55. The summed E-state index contributed by atoms with van der Waals surface area (Å²) in [4.78, 5) is 12.8. The molecule has 3 aromatic rings. The largest absolute Gasteiger partial charge is 0.367 e. The lowest BCUT2D eigenvalue weighted by molar-refractivity contribution is -0.126. The molecule has 2 aromatic heterocycles.